The highest BCUT2D eigenvalue weighted by Gasteiger charge is 2.40. The Hall–Kier alpha value is -2.29. The van der Waals surface area contributed by atoms with Gasteiger partial charge < -0.3 is 15.0 Å². The molecule has 0 aromatic heterocycles. The predicted molar refractivity (Wildman–Crippen MR) is 106 cm³/mol. The largest absolute Gasteiger partial charge is 0.357 e. The normalized spacial score (nSPS) is 28.6. The maximum absolute atomic E-state index is 12.9. The summed E-state index contributed by atoms with van der Waals surface area (Å²) in [7, 11) is 0. The Bertz CT molecular complexity index is 853. The Morgan fingerprint density at radius 1 is 1.28 bits per heavy atom. The van der Waals surface area contributed by atoms with Gasteiger partial charge >= 0.3 is 0 Å². The number of carbonyl (C=O) groups excluding carboxylic acids is 3. The molecule has 156 valence electrons. The molecule has 0 saturated carbocycles. The Morgan fingerprint density at radius 3 is 2.76 bits per heavy atom. The van der Waals surface area contributed by atoms with Crippen molar-refractivity contribution in [1.29, 1.82) is 0 Å². The highest BCUT2D eigenvalue weighted by Crippen LogP contribution is 2.30. The molecule has 8 nitrogen and oxygen atoms in total. The highest BCUT2D eigenvalue weighted by molar-refractivity contribution is 6.05. The van der Waals surface area contributed by atoms with Gasteiger partial charge in [-0.25, -0.2) is 0 Å². The van der Waals surface area contributed by atoms with E-state index in [1.807, 2.05) is 32.0 Å². The van der Waals surface area contributed by atoms with Crippen LogP contribution in [0.25, 0.3) is 0 Å². The van der Waals surface area contributed by atoms with Gasteiger partial charge in [0.2, 0.25) is 11.8 Å². The Kier molecular flexibility index (Phi) is 5.18. The molecule has 3 aliphatic rings. The Labute approximate surface area is 170 Å². The van der Waals surface area contributed by atoms with E-state index in [2.05, 4.69) is 22.9 Å². The van der Waals surface area contributed by atoms with E-state index in [0.717, 1.165) is 17.7 Å². The first-order chi connectivity index (χ1) is 13.7. The predicted octanol–water partition coefficient (Wildman–Crippen LogP) is 0.650. The molecule has 29 heavy (non-hydrogen) atoms. The molecular formula is C21H28N4O4. The molecule has 8 heteroatoms. The van der Waals surface area contributed by atoms with E-state index in [4.69, 9.17) is 4.74 Å². The summed E-state index contributed by atoms with van der Waals surface area (Å²) in [5.74, 6) is -0.800. The van der Waals surface area contributed by atoms with Crippen molar-refractivity contribution in [3.8, 4) is 0 Å². The molecule has 0 aliphatic carbocycles. The molecule has 3 unspecified atom stereocenters. The number of fused-ring (bicyclic) bond motifs is 1. The van der Waals surface area contributed by atoms with Crippen molar-refractivity contribution in [3.63, 3.8) is 0 Å². The second-order valence-corrected chi connectivity index (χ2v) is 8.56. The second kappa shape index (κ2) is 7.51. The summed E-state index contributed by atoms with van der Waals surface area (Å²) in [6.07, 6.45) is 0.748. The first-order valence-corrected chi connectivity index (χ1v) is 10.2. The minimum absolute atomic E-state index is 0.114. The number of imide groups is 1. The summed E-state index contributed by atoms with van der Waals surface area (Å²) in [6.45, 7) is 7.87. The van der Waals surface area contributed by atoms with Crippen molar-refractivity contribution in [2.75, 3.05) is 6.54 Å². The SMILES string of the molecule is CC1OC(C)(C)NC1CNCc1cccc2c1CN(C1CCC(=O)NC1=O)C2=O. The standard InChI is InChI=1S/C21H28N4O4/c1-12-16(24-21(2,3)29-12)10-22-9-13-5-4-6-14-15(13)11-25(20(14)28)17-7-8-18(26)23-19(17)27/h4-6,12,16-17,22,24H,7-11H2,1-3H3,(H,23,26,27). The molecule has 3 heterocycles. The number of rotatable bonds is 5. The second-order valence-electron chi connectivity index (χ2n) is 8.56. The van der Waals surface area contributed by atoms with Gasteiger partial charge in [0.25, 0.3) is 5.91 Å². The maximum atomic E-state index is 12.9. The van der Waals surface area contributed by atoms with E-state index in [9.17, 15) is 14.4 Å². The summed E-state index contributed by atoms with van der Waals surface area (Å²) in [6, 6.07) is 5.33. The quantitative estimate of drug-likeness (QED) is 0.628. The van der Waals surface area contributed by atoms with Crippen LogP contribution in [0.2, 0.25) is 0 Å². The van der Waals surface area contributed by atoms with Gasteiger partial charge in [-0.1, -0.05) is 12.1 Å². The highest BCUT2D eigenvalue weighted by atomic mass is 16.5. The van der Waals surface area contributed by atoms with Crippen molar-refractivity contribution >= 4 is 17.7 Å². The van der Waals surface area contributed by atoms with Crippen LogP contribution in [-0.2, 0) is 27.4 Å². The zero-order chi connectivity index (χ0) is 20.8. The van der Waals surface area contributed by atoms with Gasteiger partial charge in [-0.2, -0.15) is 0 Å². The van der Waals surface area contributed by atoms with Crippen LogP contribution in [0.15, 0.2) is 18.2 Å². The molecule has 1 aromatic carbocycles. The summed E-state index contributed by atoms with van der Waals surface area (Å²) in [5, 5.41) is 9.28. The molecular weight excluding hydrogens is 372 g/mol. The zero-order valence-electron chi connectivity index (χ0n) is 17.1. The summed E-state index contributed by atoms with van der Waals surface area (Å²) >= 11 is 0. The number of ether oxygens (including phenoxy) is 1. The smallest absolute Gasteiger partial charge is 0.255 e. The number of amides is 3. The van der Waals surface area contributed by atoms with Gasteiger partial charge in [0.05, 0.1) is 6.10 Å². The van der Waals surface area contributed by atoms with E-state index in [1.165, 1.54) is 0 Å². The van der Waals surface area contributed by atoms with Gasteiger partial charge in [0.15, 0.2) is 0 Å². The van der Waals surface area contributed by atoms with E-state index in [-0.39, 0.29) is 42.0 Å². The Balaban J connectivity index is 1.42. The summed E-state index contributed by atoms with van der Waals surface area (Å²) < 4.78 is 5.89. The summed E-state index contributed by atoms with van der Waals surface area (Å²) in [4.78, 5) is 38.1. The van der Waals surface area contributed by atoms with Crippen LogP contribution >= 0.6 is 0 Å². The van der Waals surface area contributed by atoms with Crippen LogP contribution in [0.5, 0.6) is 0 Å². The van der Waals surface area contributed by atoms with Crippen molar-refractivity contribution in [2.45, 2.75) is 70.6 Å². The average Bonchev–Trinajstić information content (AvgIpc) is 3.11. The molecule has 0 spiro atoms. The lowest BCUT2D eigenvalue weighted by Crippen LogP contribution is -2.52. The Morgan fingerprint density at radius 2 is 2.07 bits per heavy atom. The first kappa shape index (κ1) is 20.0. The van der Waals surface area contributed by atoms with Crippen LogP contribution in [0.4, 0.5) is 0 Å². The monoisotopic (exact) mass is 400 g/mol. The number of benzene rings is 1. The molecule has 4 rings (SSSR count). The third kappa shape index (κ3) is 3.92. The molecule has 3 atom stereocenters. The maximum Gasteiger partial charge on any atom is 0.255 e. The topological polar surface area (TPSA) is 99.8 Å². The molecule has 0 bridgehead atoms. The number of piperidine rings is 1. The number of nitrogens with one attached hydrogen (secondary N) is 3. The fraction of sp³-hybridized carbons (Fsp3) is 0.571. The van der Waals surface area contributed by atoms with Crippen molar-refractivity contribution < 1.29 is 19.1 Å². The van der Waals surface area contributed by atoms with Crippen LogP contribution in [-0.4, -0.2) is 53.1 Å². The molecule has 3 N–H and O–H groups in total. The number of nitrogens with zero attached hydrogens (tertiary/aromatic N) is 1. The van der Waals surface area contributed by atoms with Gasteiger partial charge in [-0.15, -0.1) is 0 Å². The minimum Gasteiger partial charge on any atom is -0.357 e. The zero-order valence-corrected chi connectivity index (χ0v) is 17.1. The van der Waals surface area contributed by atoms with E-state index in [1.54, 1.807) is 4.90 Å². The molecule has 1 aromatic rings. The van der Waals surface area contributed by atoms with E-state index >= 15 is 0 Å². The molecule has 3 aliphatic heterocycles. The molecule has 0 radical (unpaired) electrons. The summed E-state index contributed by atoms with van der Waals surface area (Å²) in [5.41, 5.74) is 2.33. The molecule has 2 saturated heterocycles. The number of carbonyl (C=O) groups is 3. The number of hydrogen-bond donors (Lipinski definition) is 3. The van der Waals surface area contributed by atoms with Crippen molar-refractivity contribution in [2.24, 2.45) is 0 Å². The van der Waals surface area contributed by atoms with Crippen molar-refractivity contribution in [3.05, 3.63) is 34.9 Å². The van der Waals surface area contributed by atoms with Gasteiger partial charge in [-0.05, 0) is 44.4 Å². The average molecular weight is 400 g/mol. The van der Waals surface area contributed by atoms with Crippen LogP contribution < -0.4 is 16.0 Å². The minimum atomic E-state index is -0.587. The van der Waals surface area contributed by atoms with Crippen LogP contribution in [0, 0.1) is 0 Å². The first-order valence-electron chi connectivity index (χ1n) is 10.2. The van der Waals surface area contributed by atoms with Gasteiger partial charge in [0, 0.05) is 37.7 Å². The fourth-order valence-electron chi connectivity index (χ4n) is 4.54. The van der Waals surface area contributed by atoms with Gasteiger partial charge in [-0.3, -0.25) is 25.0 Å². The number of hydrogen-bond acceptors (Lipinski definition) is 6. The lowest BCUT2D eigenvalue weighted by atomic mass is 10.0. The third-order valence-corrected chi connectivity index (χ3v) is 5.94. The fourth-order valence-corrected chi connectivity index (χ4v) is 4.54. The van der Waals surface area contributed by atoms with Crippen LogP contribution in [0.1, 0.15) is 55.1 Å². The van der Waals surface area contributed by atoms with Crippen molar-refractivity contribution in [1.82, 2.24) is 20.9 Å². The lowest BCUT2D eigenvalue weighted by molar-refractivity contribution is -0.136. The molecule has 3 amide bonds. The van der Waals surface area contributed by atoms with E-state index in [0.29, 0.717) is 25.1 Å². The van der Waals surface area contributed by atoms with Gasteiger partial charge in [0.1, 0.15) is 11.8 Å². The molecule has 2 fully saturated rings. The lowest BCUT2D eigenvalue weighted by Gasteiger charge is -2.29. The van der Waals surface area contributed by atoms with E-state index < -0.39 is 6.04 Å². The third-order valence-electron chi connectivity index (χ3n) is 5.94. The van der Waals surface area contributed by atoms with Crippen LogP contribution in [0.3, 0.4) is 0 Å².